The van der Waals surface area contributed by atoms with E-state index < -0.39 is 0 Å². The van der Waals surface area contributed by atoms with Crippen LogP contribution in [-0.4, -0.2) is 19.1 Å². The highest BCUT2D eigenvalue weighted by Crippen LogP contribution is 2.48. The minimum Gasteiger partial charge on any atom is -0.493 e. The molecule has 0 amide bonds. The summed E-state index contributed by atoms with van der Waals surface area (Å²) in [4.78, 5) is 4.55. The van der Waals surface area contributed by atoms with Crippen LogP contribution in [0.5, 0.6) is 5.75 Å². The molecule has 4 nitrogen and oxygen atoms in total. The van der Waals surface area contributed by atoms with Gasteiger partial charge in [0.15, 0.2) is 5.96 Å². The number of aliphatic imine (C=N–C) groups is 1. The first-order valence-corrected chi connectivity index (χ1v) is 8.71. The van der Waals surface area contributed by atoms with Crippen LogP contribution in [0.4, 0.5) is 4.39 Å². The second-order valence-corrected chi connectivity index (χ2v) is 6.86. The van der Waals surface area contributed by atoms with Crippen molar-refractivity contribution in [2.24, 2.45) is 10.7 Å². The van der Waals surface area contributed by atoms with Crippen LogP contribution < -0.4 is 15.8 Å². The highest BCUT2D eigenvalue weighted by atomic mass is 127. The number of rotatable bonds is 4. The zero-order chi connectivity index (χ0) is 17.3. The van der Waals surface area contributed by atoms with Crippen molar-refractivity contribution < 1.29 is 9.13 Å². The molecule has 0 spiro atoms. The van der Waals surface area contributed by atoms with Crippen molar-refractivity contribution in [1.29, 1.82) is 0 Å². The van der Waals surface area contributed by atoms with Crippen molar-refractivity contribution in [1.82, 2.24) is 5.32 Å². The van der Waals surface area contributed by atoms with Crippen molar-refractivity contribution in [2.45, 2.75) is 30.7 Å². The van der Waals surface area contributed by atoms with Gasteiger partial charge in [-0.3, -0.25) is 4.99 Å². The van der Waals surface area contributed by atoms with Gasteiger partial charge in [-0.1, -0.05) is 30.3 Å². The van der Waals surface area contributed by atoms with Gasteiger partial charge >= 0.3 is 0 Å². The van der Waals surface area contributed by atoms with Gasteiger partial charge in [-0.05, 0) is 36.6 Å². The molecule has 1 aliphatic carbocycles. The Morgan fingerprint density at radius 2 is 2.04 bits per heavy atom. The normalized spacial score (nSPS) is 20.3. The van der Waals surface area contributed by atoms with Gasteiger partial charge in [-0.15, -0.1) is 24.0 Å². The molecular formula is C20H23FIN3O. The molecule has 1 aliphatic heterocycles. The lowest BCUT2D eigenvalue weighted by Gasteiger charge is -2.27. The van der Waals surface area contributed by atoms with Crippen LogP contribution in [0.2, 0.25) is 0 Å². The Morgan fingerprint density at radius 1 is 1.23 bits per heavy atom. The maximum Gasteiger partial charge on any atom is 0.189 e. The molecule has 0 saturated heterocycles. The fraction of sp³-hybridized carbons (Fsp3) is 0.350. The van der Waals surface area contributed by atoms with Gasteiger partial charge in [-0.25, -0.2) is 4.39 Å². The Hall–Kier alpha value is -1.83. The summed E-state index contributed by atoms with van der Waals surface area (Å²) in [6.07, 6.45) is 2.89. The largest absolute Gasteiger partial charge is 0.493 e. The number of nitrogens with zero attached hydrogens (tertiary/aromatic N) is 1. The van der Waals surface area contributed by atoms with Gasteiger partial charge in [0.1, 0.15) is 11.6 Å². The second-order valence-electron chi connectivity index (χ2n) is 6.86. The summed E-state index contributed by atoms with van der Waals surface area (Å²) in [7, 11) is 0. The third-order valence-corrected chi connectivity index (χ3v) is 5.12. The lowest BCUT2D eigenvalue weighted by atomic mass is 9.96. The maximum absolute atomic E-state index is 13.5. The third-order valence-electron chi connectivity index (χ3n) is 5.12. The Balaban J connectivity index is 0.00000196. The predicted octanol–water partition coefficient (Wildman–Crippen LogP) is 3.90. The van der Waals surface area contributed by atoms with E-state index in [1.165, 1.54) is 6.07 Å². The SMILES string of the molecule is I.NC(=NCC1(c2cccc(F)c2)CC1)NC1CCOc2ccccc21. The van der Waals surface area contributed by atoms with Gasteiger partial charge < -0.3 is 15.8 Å². The van der Waals surface area contributed by atoms with Crippen molar-refractivity contribution in [3.05, 3.63) is 65.5 Å². The van der Waals surface area contributed by atoms with Gasteiger partial charge in [0.25, 0.3) is 0 Å². The maximum atomic E-state index is 13.5. The van der Waals surface area contributed by atoms with Gasteiger partial charge in [0.2, 0.25) is 0 Å². The number of nitrogens with one attached hydrogen (secondary N) is 1. The molecule has 3 N–H and O–H groups in total. The second kappa shape index (κ2) is 7.82. The topological polar surface area (TPSA) is 59.6 Å². The molecule has 2 aromatic carbocycles. The van der Waals surface area contributed by atoms with Crippen molar-refractivity contribution in [3.8, 4) is 5.75 Å². The van der Waals surface area contributed by atoms with Crippen LogP contribution in [0.15, 0.2) is 53.5 Å². The van der Waals surface area contributed by atoms with Gasteiger partial charge in [0.05, 0.1) is 19.2 Å². The van der Waals surface area contributed by atoms with Gasteiger partial charge in [-0.2, -0.15) is 0 Å². The standard InChI is InChI=1S/C20H22FN3O.HI/c21-15-5-3-4-14(12-15)20(9-10-20)13-23-19(22)24-17-8-11-25-18-7-2-1-6-16(17)18;/h1-7,12,17H,8-11,13H2,(H3,22,23,24);1H. The molecule has 138 valence electrons. The highest BCUT2D eigenvalue weighted by molar-refractivity contribution is 14.0. The Bertz CT molecular complexity index is 807. The number of ether oxygens (including phenoxy) is 1. The van der Waals surface area contributed by atoms with Crippen LogP contribution >= 0.6 is 24.0 Å². The number of guanidine groups is 1. The van der Waals surface area contributed by atoms with Gasteiger partial charge in [0, 0.05) is 17.4 Å². The molecule has 1 unspecified atom stereocenters. The van der Waals surface area contributed by atoms with E-state index in [9.17, 15) is 4.39 Å². The molecule has 1 atom stereocenters. The molecule has 1 heterocycles. The molecular weight excluding hydrogens is 444 g/mol. The number of hydrogen-bond acceptors (Lipinski definition) is 2. The zero-order valence-electron chi connectivity index (χ0n) is 14.5. The van der Waals surface area contributed by atoms with Crippen LogP contribution in [0, 0.1) is 5.82 Å². The van der Waals surface area contributed by atoms with E-state index in [4.69, 9.17) is 10.5 Å². The number of nitrogens with two attached hydrogens (primary N) is 1. The molecule has 6 heteroatoms. The van der Waals surface area contributed by atoms with E-state index in [0.717, 1.165) is 36.1 Å². The Kier molecular flexibility index (Phi) is 5.70. The predicted molar refractivity (Wildman–Crippen MR) is 112 cm³/mol. The third kappa shape index (κ3) is 3.95. The van der Waals surface area contributed by atoms with Crippen LogP contribution in [-0.2, 0) is 5.41 Å². The fourth-order valence-corrected chi connectivity index (χ4v) is 3.46. The summed E-state index contributed by atoms with van der Waals surface area (Å²) in [5, 5.41) is 3.31. The molecule has 26 heavy (non-hydrogen) atoms. The van der Waals surface area contributed by atoms with E-state index in [0.29, 0.717) is 19.1 Å². The zero-order valence-corrected chi connectivity index (χ0v) is 16.8. The van der Waals surface area contributed by atoms with E-state index in [1.807, 2.05) is 24.3 Å². The molecule has 0 aromatic heterocycles. The molecule has 4 rings (SSSR count). The quantitative estimate of drug-likeness (QED) is 0.408. The molecule has 2 aromatic rings. The molecule has 0 radical (unpaired) electrons. The lowest BCUT2D eigenvalue weighted by Crippen LogP contribution is -2.38. The summed E-state index contributed by atoms with van der Waals surface area (Å²) in [5.41, 5.74) is 8.20. The summed E-state index contributed by atoms with van der Waals surface area (Å²) in [6, 6.07) is 14.9. The first-order valence-electron chi connectivity index (χ1n) is 8.71. The van der Waals surface area contributed by atoms with E-state index in [2.05, 4.69) is 16.4 Å². The minimum atomic E-state index is -0.197. The summed E-state index contributed by atoms with van der Waals surface area (Å²) in [6.45, 7) is 1.25. The van der Waals surface area contributed by atoms with E-state index in [-0.39, 0.29) is 41.3 Å². The molecule has 0 bridgehead atoms. The smallest absolute Gasteiger partial charge is 0.189 e. The van der Waals surface area contributed by atoms with Crippen LogP contribution in [0.1, 0.15) is 36.4 Å². The van der Waals surface area contributed by atoms with E-state index in [1.54, 1.807) is 12.1 Å². The summed E-state index contributed by atoms with van der Waals surface area (Å²) < 4.78 is 19.2. The average molecular weight is 467 g/mol. The molecule has 1 saturated carbocycles. The summed E-state index contributed by atoms with van der Waals surface area (Å²) in [5.74, 6) is 1.14. The number of para-hydroxylation sites is 1. The van der Waals surface area contributed by atoms with E-state index >= 15 is 0 Å². The Morgan fingerprint density at radius 3 is 2.81 bits per heavy atom. The molecule has 2 aliphatic rings. The highest BCUT2D eigenvalue weighted by Gasteiger charge is 2.44. The van der Waals surface area contributed by atoms with Crippen LogP contribution in [0.25, 0.3) is 0 Å². The average Bonchev–Trinajstić information content (AvgIpc) is 3.42. The van der Waals surface area contributed by atoms with Crippen molar-refractivity contribution in [3.63, 3.8) is 0 Å². The summed E-state index contributed by atoms with van der Waals surface area (Å²) >= 11 is 0. The van der Waals surface area contributed by atoms with Crippen molar-refractivity contribution in [2.75, 3.05) is 13.2 Å². The molecule has 1 fully saturated rings. The number of benzene rings is 2. The fourth-order valence-electron chi connectivity index (χ4n) is 3.46. The monoisotopic (exact) mass is 467 g/mol. The first kappa shape index (κ1) is 18.9. The number of hydrogen-bond donors (Lipinski definition) is 2. The Labute approximate surface area is 170 Å². The minimum absolute atomic E-state index is 0. The number of halogens is 2. The first-order chi connectivity index (χ1) is 12.2. The van der Waals surface area contributed by atoms with Crippen LogP contribution in [0.3, 0.4) is 0 Å². The van der Waals surface area contributed by atoms with Crippen molar-refractivity contribution >= 4 is 29.9 Å². The lowest BCUT2D eigenvalue weighted by molar-refractivity contribution is 0.262. The number of fused-ring (bicyclic) bond motifs is 1.